The van der Waals surface area contributed by atoms with Crippen molar-refractivity contribution in [2.45, 2.75) is 32.4 Å². The SMILES string of the molecule is CCc1cc(Cl)cc(C(/C=C/c2ccc(C)c(Br)c2)C(F)(F)F)c1. The predicted molar refractivity (Wildman–Crippen MR) is 97.5 cm³/mol. The molecule has 0 bridgehead atoms. The molecule has 1 atom stereocenters. The van der Waals surface area contributed by atoms with Gasteiger partial charge in [0.2, 0.25) is 0 Å². The number of hydrogen-bond donors (Lipinski definition) is 0. The first-order valence-electron chi connectivity index (χ1n) is 7.51. The molecule has 0 saturated heterocycles. The highest BCUT2D eigenvalue weighted by Gasteiger charge is 2.39. The molecule has 0 fully saturated rings. The molecular formula is C19H17BrClF3. The van der Waals surface area contributed by atoms with Crippen LogP contribution in [0.4, 0.5) is 13.2 Å². The van der Waals surface area contributed by atoms with Crippen molar-refractivity contribution in [3.63, 3.8) is 0 Å². The Morgan fingerprint density at radius 3 is 2.46 bits per heavy atom. The van der Waals surface area contributed by atoms with Crippen LogP contribution in [0.3, 0.4) is 0 Å². The lowest BCUT2D eigenvalue weighted by atomic mass is 9.95. The maximum Gasteiger partial charge on any atom is 0.399 e. The second-order valence-corrected chi connectivity index (χ2v) is 6.92. The van der Waals surface area contributed by atoms with Gasteiger partial charge in [0.05, 0.1) is 5.92 Å². The van der Waals surface area contributed by atoms with Crippen molar-refractivity contribution in [1.29, 1.82) is 0 Å². The van der Waals surface area contributed by atoms with Crippen LogP contribution in [0.25, 0.3) is 6.08 Å². The number of aryl methyl sites for hydroxylation is 2. The molecule has 128 valence electrons. The Morgan fingerprint density at radius 1 is 1.17 bits per heavy atom. The van der Waals surface area contributed by atoms with Crippen molar-refractivity contribution in [2.75, 3.05) is 0 Å². The molecule has 0 nitrogen and oxygen atoms in total. The van der Waals surface area contributed by atoms with Crippen molar-refractivity contribution in [2.24, 2.45) is 0 Å². The number of allylic oxidation sites excluding steroid dienone is 1. The highest BCUT2D eigenvalue weighted by atomic mass is 79.9. The fourth-order valence-corrected chi connectivity index (χ4v) is 3.05. The zero-order valence-corrected chi connectivity index (χ0v) is 15.6. The smallest absolute Gasteiger partial charge is 0.170 e. The fraction of sp³-hybridized carbons (Fsp3) is 0.263. The van der Waals surface area contributed by atoms with E-state index in [-0.39, 0.29) is 5.56 Å². The zero-order valence-electron chi connectivity index (χ0n) is 13.3. The highest BCUT2D eigenvalue weighted by molar-refractivity contribution is 9.10. The summed E-state index contributed by atoms with van der Waals surface area (Å²) in [5.41, 5.74) is 2.69. The van der Waals surface area contributed by atoms with Gasteiger partial charge in [0.15, 0.2) is 0 Å². The largest absolute Gasteiger partial charge is 0.399 e. The Kier molecular flexibility index (Phi) is 6.16. The lowest BCUT2D eigenvalue weighted by molar-refractivity contribution is -0.139. The van der Waals surface area contributed by atoms with E-state index >= 15 is 0 Å². The minimum atomic E-state index is -4.38. The van der Waals surface area contributed by atoms with Crippen LogP contribution in [0.5, 0.6) is 0 Å². The summed E-state index contributed by atoms with van der Waals surface area (Å²) in [5, 5.41) is 0.324. The molecule has 1 unspecified atom stereocenters. The average Bonchev–Trinajstić information content (AvgIpc) is 2.49. The Balaban J connectivity index is 2.41. The van der Waals surface area contributed by atoms with Crippen molar-refractivity contribution in [1.82, 2.24) is 0 Å². The summed E-state index contributed by atoms with van der Waals surface area (Å²) in [6, 6.07) is 10.1. The molecule has 0 amide bonds. The third kappa shape index (κ3) is 4.87. The summed E-state index contributed by atoms with van der Waals surface area (Å²) in [6.45, 7) is 3.81. The normalized spacial score (nSPS) is 13.5. The van der Waals surface area contributed by atoms with Crippen molar-refractivity contribution < 1.29 is 13.2 Å². The topological polar surface area (TPSA) is 0 Å². The van der Waals surface area contributed by atoms with Gasteiger partial charge in [0.25, 0.3) is 0 Å². The second-order valence-electron chi connectivity index (χ2n) is 5.63. The summed E-state index contributed by atoms with van der Waals surface area (Å²) in [6.07, 6.45) is -1.07. The number of rotatable bonds is 4. The van der Waals surface area contributed by atoms with E-state index in [1.807, 2.05) is 19.9 Å². The first-order chi connectivity index (χ1) is 11.2. The minimum Gasteiger partial charge on any atom is -0.170 e. The highest BCUT2D eigenvalue weighted by Crippen LogP contribution is 2.38. The van der Waals surface area contributed by atoms with E-state index < -0.39 is 12.1 Å². The van der Waals surface area contributed by atoms with Gasteiger partial charge in [-0.05, 0) is 53.8 Å². The maximum absolute atomic E-state index is 13.5. The van der Waals surface area contributed by atoms with E-state index in [2.05, 4.69) is 15.9 Å². The molecule has 0 spiro atoms. The quantitative estimate of drug-likeness (QED) is 0.488. The molecule has 0 aliphatic heterocycles. The van der Waals surface area contributed by atoms with Gasteiger partial charge in [-0.3, -0.25) is 0 Å². The van der Waals surface area contributed by atoms with Gasteiger partial charge in [-0.1, -0.05) is 64.8 Å². The van der Waals surface area contributed by atoms with E-state index in [0.29, 0.717) is 17.0 Å². The summed E-state index contributed by atoms with van der Waals surface area (Å²) in [4.78, 5) is 0. The van der Waals surface area contributed by atoms with Gasteiger partial charge < -0.3 is 0 Å². The van der Waals surface area contributed by atoms with Crippen LogP contribution in [0, 0.1) is 6.92 Å². The van der Waals surface area contributed by atoms with Gasteiger partial charge in [-0.2, -0.15) is 13.2 Å². The first kappa shape index (κ1) is 19.1. The Morgan fingerprint density at radius 2 is 1.88 bits per heavy atom. The van der Waals surface area contributed by atoms with Crippen LogP contribution in [-0.4, -0.2) is 6.18 Å². The molecule has 0 heterocycles. The molecule has 0 N–H and O–H groups in total. The van der Waals surface area contributed by atoms with Crippen molar-refractivity contribution in [3.05, 3.63) is 74.2 Å². The van der Waals surface area contributed by atoms with Crippen LogP contribution in [0.15, 0.2) is 46.9 Å². The van der Waals surface area contributed by atoms with Gasteiger partial charge in [0, 0.05) is 9.50 Å². The summed E-state index contributed by atoms with van der Waals surface area (Å²) in [5.74, 6) is -1.69. The molecule has 5 heteroatoms. The third-order valence-electron chi connectivity index (χ3n) is 3.78. The van der Waals surface area contributed by atoms with Crippen LogP contribution < -0.4 is 0 Å². The molecule has 0 aliphatic carbocycles. The molecule has 24 heavy (non-hydrogen) atoms. The zero-order chi connectivity index (χ0) is 17.9. The molecular weight excluding hydrogens is 401 g/mol. The van der Waals surface area contributed by atoms with E-state index in [0.717, 1.165) is 15.6 Å². The molecule has 0 aromatic heterocycles. The minimum absolute atomic E-state index is 0.161. The lowest BCUT2D eigenvalue weighted by Gasteiger charge is -2.18. The van der Waals surface area contributed by atoms with Crippen LogP contribution >= 0.6 is 27.5 Å². The fourth-order valence-electron chi connectivity index (χ4n) is 2.39. The van der Waals surface area contributed by atoms with E-state index in [1.165, 1.54) is 18.2 Å². The maximum atomic E-state index is 13.5. The van der Waals surface area contributed by atoms with Gasteiger partial charge in [0.1, 0.15) is 0 Å². The number of benzene rings is 2. The summed E-state index contributed by atoms with van der Waals surface area (Å²) >= 11 is 9.37. The number of alkyl halides is 3. The molecule has 2 aromatic carbocycles. The third-order valence-corrected chi connectivity index (χ3v) is 4.85. The Bertz CT molecular complexity index is 751. The standard InChI is InChI=1S/C19H17BrClF3/c1-3-13-8-15(11-16(21)9-13)17(19(22,23)24)7-6-14-5-4-12(2)18(20)10-14/h4-11,17H,3H2,1-2H3/b7-6+. The van der Waals surface area contributed by atoms with Gasteiger partial charge >= 0.3 is 6.18 Å². The number of halogens is 5. The second kappa shape index (κ2) is 7.75. The molecule has 0 aliphatic rings. The van der Waals surface area contributed by atoms with Crippen LogP contribution in [0.1, 0.15) is 35.1 Å². The molecule has 2 aromatic rings. The van der Waals surface area contributed by atoms with E-state index in [1.54, 1.807) is 24.3 Å². The van der Waals surface area contributed by atoms with Crippen molar-refractivity contribution in [3.8, 4) is 0 Å². The number of hydrogen-bond acceptors (Lipinski definition) is 0. The first-order valence-corrected chi connectivity index (χ1v) is 8.68. The van der Waals surface area contributed by atoms with Crippen LogP contribution in [0.2, 0.25) is 5.02 Å². The molecule has 2 rings (SSSR count). The van der Waals surface area contributed by atoms with Crippen LogP contribution in [-0.2, 0) is 6.42 Å². The molecule has 0 radical (unpaired) electrons. The Labute approximate surface area is 153 Å². The lowest BCUT2D eigenvalue weighted by Crippen LogP contribution is -2.19. The van der Waals surface area contributed by atoms with Crippen molar-refractivity contribution >= 4 is 33.6 Å². The summed E-state index contributed by atoms with van der Waals surface area (Å²) in [7, 11) is 0. The predicted octanol–water partition coefficient (Wildman–Crippen LogP) is 7.33. The average molecular weight is 418 g/mol. The van der Waals surface area contributed by atoms with E-state index in [9.17, 15) is 13.2 Å². The van der Waals surface area contributed by atoms with E-state index in [4.69, 9.17) is 11.6 Å². The van der Waals surface area contributed by atoms with Gasteiger partial charge in [-0.15, -0.1) is 0 Å². The molecule has 0 saturated carbocycles. The summed E-state index contributed by atoms with van der Waals surface area (Å²) < 4.78 is 41.4. The Hall–Kier alpha value is -1.26. The van der Waals surface area contributed by atoms with Gasteiger partial charge in [-0.25, -0.2) is 0 Å². The monoisotopic (exact) mass is 416 g/mol.